The molecule has 1 aliphatic heterocycles. The first-order valence-corrected chi connectivity index (χ1v) is 8.42. The molecule has 0 saturated carbocycles. The Balaban J connectivity index is 1.70. The van der Waals surface area contributed by atoms with Gasteiger partial charge in [0.25, 0.3) is 5.91 Å². The van der Waals surface area contributed by atoms with Gasteiger partial charge in [-0.15, -0.1) is 0 Å². The van der Waals surface area contributed by atoms with Crippen molar-refractivity contribution in [2.75, 3.05) is 13.1 Å². The number of aromatic nitrogens is 2. The van der Waals surface area contributed by atoms with Crippen molar-refractivity contribution in [1.82, 2.24) is 20.4 Å². The molecule has 2 N–H and O–H groups in total. The first-order valence-electron chi connectivity index (χ1n) is 8.42. The van der Waals surface area contributed by atoms with Crippen molar-refractivity contribution in [1.29, 1.82) is 0 Å². The number of fused-ring (bicyclic) bond motifs is 1. The van der Waals surface area contributed by atoms with E-state index in [-0.39, 0.29) is 11.9 Å². The Morgan fingerprint density at radius 2 is 2.22 bits per heavy atom. The van der Waals surface area contributed by atoms with E-state index in [0.717, 1.165) is 50.0 Å². The van der Waals surface area contributed by atoms with E-state index in [1.165, 1.54) is 11.3 Å². The zero-order valence-electron chi connectivity index (χ0n) is 13.4. The van der Waals surface area contributed by atoms with Crippen molar-refractivity contribution in [3.63, 3.8) is 0 Å². The number of aryl methyl sites for hydroxylation is 1. The Labute approximate surface area is 136 Å². The fraction of sp³-hybridized carbons (Fsp3) is 0.444. The highest BCUT2D eigenvalue weighted by atomic mass is 16.2. The maximum absolute atomic E-state index is 12.7. The normalized spacial score (nSPS) is 19.8. The summed E-state index contributed by atoms with van der Waals surface area (Å²) < 4.78 is 1.99. The molecule has 2 heterocycles. The number of benzene rings is 1. The Kier molecular flexibility index (Phi) is 3.65. The largest absolute Gasteiger partial charge is 0.347 e. The molecule has 0 spiro atoms. The molecule has 1 atom stereocenters. The highest BCUT2D eigenvalue weighted by Crippen LogP contribution is 2.28. The Hall–Kier alpha value is -2.14. The van der Waals surface area contributed by atoms with E-state index < -0.39 is 0 Å². The number of nitrogens with one attached hydrogen (secondary N) is 2. The Bertz CT molecular complexity index is 743. The molecule has 1 saturated heterocycles. The number of para-hydroxylation sites is 1. The molecule has 1 fully saturated rings. The predicted octanol–water partition coefficient (Wildman–Crippen LogP) is 1.76. The average molecular weight is 310 g/mol. The van der Waals surface area contributed by atoms with Gasteiger partial charge in [0, 0.05) is 23.8 Å². The van der Waals surface area contributed by atoms with E-state index in [1.54, 1.807) is 0 Å². The highest BCUT2D eigenvalue weighted by Gasteiger charge is 2.28. The standard InChI is InChI=1S/C18H22N4O/c1-12-5-2-3-7-15(12)22-16-8-4-6-14(16)17(21-22)18(23)20-13-9-10-19-11-13/h2-3,5,7,13,19H,4,6,8-11H2,1H3,(H,20,23). The van der Waals surface area contributed by atoms with Crippen LogP contribution in [0.1, 0.15) is 40.2 Å². The van der Waals surface area contributed by atoms with E-state index in [0.29, 0.717) is 5.69 Å². The zero-order valence-corrected chi connectivity index (χ0v) is 13.4. The summed E-state index contributed by atoms with van der Waals surface area (Å²) in [7, 11) is 0. The van der Waals surface area contributed by atoms with Crippen molar-refractivity contribution in [3.8, 4) is 5.69 Å². The molecule has 1 aromatic carbocycles. The maximum Gasteiger partial charge on any atom is 0.272 e. The third kappa shape index (κ3) is 2.55. The predicted molar refractivity (Wildman–Crippen MR) is 89.1 cm³/mol. The fourth-order valence-corrected chi connectivity index (χ4v) is 3.65. The van der Waals surface area contributed by atoms with Crippen LogP contribution < -0.4 is 10.6 Å². The lowest BCUT2D eigenvalue weighted by atomic mass is 10.1. The lowest BCUT2D eigenvalue weighted by molar-refractivity contribution is 0.0933. The van der Waals surface area contributed by atoms with Crippen LogP contribution in [0.3, 0.4) is 0 Å². The monoisotopic (exact) mass is 310 g/mol. The SMILES string of the molecule is Cc1ccccc1-n1nc(C(=O)NC2CCNC2)c2c1CCC2. The van der Waals surface area contributed by atoms with E-state index >= 15 is 0 Å². The minimum atomic E-state index is -0.0239. The van der Waals surface area contributed by atoms with Gasteiger partial charge >= 0.3 is 0 Å². The van der Waals surface area contributed by atoms with Gasteiger partial charge in [0.15, 0.2) is 5.69 Å². The van der Waals surface area contributed by atoms with Gasteiger partial charge < -0.3 is 10.6 Å². The minimum Gasteiger partial charge on any atom is -0.347 e. The molecular formula is C18H22N4O. The van der Waals surface area contributed by atoms with Crippen molar-refractivity contribution in [2.45, 2.75) is 38.6 Å². The molecule has 2 aliphatic rings. The Morgan fingerprint density at radius 1 is 1.35 bits per heavy atom. The fourth-order valence-electron chi connectivity index (χ4n) is 3.65. The quantitative estimate of drug-likeness (QED) is 0.908. The molecule has 120 valence electrons. The van der Waals surface area contributed by atoms with Crippen molar-refractivity contribution in [2.24, 2.45) is 0 Å². The smallest absolute Gasteiger partial charge is 0.272 e. The van der Waals surface area contributed by atoms with Crippen molar-refractivity contribution >= 4 is 5.91 Å². The van der Waals surface area contributed by atoms with E-state index in [2.05, 4.69) is 34.8 Å². The number of rotatable bonds is 3. The van der Waals surface area contributed by atoms with Crippen LogP contribution >= 0.6 is 0 Å². The number of hydrogen-bond donors (Lipinski definition) is 2. The van der Waals surface area contributed by atoms with Crippen LogP contribution in [0.2, 0.25) is 0 Å². The molecule has 0 radical (unpaired) electrons. The molecule has 1 unspecified atom stereocenters. The van der Waals surface area contributed by atoms with Crippen LogP contribution in [0.25, 0.3) is 5.69 Å². The van der Waals surface area contributed by atoms with Gasteiger partial charge in [-0.25, -0.2) is 4.68 Å². The molecule has 0 bridgehead atoms. The summed E-state index contributed by atoms with van der Waals surface area (Å²) in [5.74, 6) is -0.0239. The van der Waals surface area contributed by atoms with Crippen molar-refractivity contribution < 1.29 is 4.79 Å². The molecule has 1 amide bonds. The van der Waals surface area contributed by atoms with Crippen LogP contribution in [-0.4, -0.2) is 34.8 Å². The molecule has 23 heavy (non-hydrogen) atoms. The molecule has 1 aliphatic carbocycles. The molecule has 2 aromatic rings. The second kappa shape index (κ2) is 5.81. The van der Waals surface area contributed by atoms with Gasteiger partial charge in [-0.1, -0.05) is 18.2 Å². The van der Waals surface area contributed by atoms with Gasteiger partial charge in [0.2, 0.25) is 0 Å². The summed E-state index contributed by atoms with van der Waals surface area (Å²) in [5, 5.41) is 11.1. The number of carbonyl (C=O) groups excluding carboxylic acids is 1. The van der Waals surface area contributed by atoms with Crippen LogP contribution in [0, 0.1) is 6.92 Å². The van der Waals surface area contributed by atoms with Crippen LogP contribution in [0.4, 0.5) is 0 Å². The average Bonchev–Trinajstić information content (AvgIpc) is 3.24. The second-order valence-electron chi connectivity index (χ2n) is 6.49. The van der Waals surface area contributed by atoms with Gasteiger partial charge in [0.1, 0.15) is 0 Å². The molecule has 5 heteroatoms. The minimum absolute atomic E-state index is 0.0239. The highest BCUT2D eigenvalue weighted by molar-refractivity contribution is 5.94. The first kappa shape index (κ1) is 14.5. The number of nitrogens with zero attached hydrogens (tertiary/aromatic N) is 2. The van der Waals surface area contributed by atoms with E-state index in [9.17, 15) is 4.79 Å². The van der Waals surface area contributed by atoms with E-state index in [1.807, 2.05) is 16.8 Å². The summed E-state index contributed by atoms with van der Waals surface area (Å²) in [6.45, 7) is 3.91. The number of carbonyl (C=O) groups is 1. The molecule has 5 nitrogen and oxygen atoms in total. The summed E-state index contributed by atoms with van der Waals surface area (Å²) in [5.41, 5.74) is 5.21. The lowest BCUT2D eigenvalue weighted by Gasteiger charge is -2.10. The Morgan fingerprint density at radius 3 is 3.00 bits per heavy atom. The van der Waals surface area contributed by atoms with Gasteiger partial charge in [0.05, 0.1) is 5.69 Å². The van der Waals surface area contributed by atoms with Crippen LogP contribution in [-0.2, 0) is 12.8 Å². The molecular weight excluding hydrogens is 288 g/mol. The molecule has 4 rings (SSSR count). The third-order valence-electron chi connectivity index (χ3n) is 4.88. The number of amides is 1. The number of hydrogen-bond acceptors (Lipinski definition) is 3. The summed E-state index contributed by atoms with van der Waals surface area (Å²) in [4.78, 5) is 12.7. The van der Waals surface area contributed by atoms with Crippen molar-refractivity contribution in [3.05, 3.63) is 46.8 Å². The van der Waals surface area contributed by atoms with Gasteiger partial charge in [-0.3, -0.25) is 4.79 Å². The van der Waals surface area contributed by atoms with Gasteiger partial charge in [-0.05, 0) is 50.8 Å². The lowest BCUT2D eigenvalue weighted by Crippen LogP contribution is -2.36. The maximum atomic E-state index is 12.7. The van der Waals surface area contributed by atoms with Crippen LogP contribution in [0.5, 0.6) is 0 Å². The summed E-state index contributed by atoms with van der Waals surface area (Å²) in [6, 6.07) is 8.44. The summed E-state index contributed by atoms with van der Waals surface area (Å²) >= 11 is 0. The second-order valence-corrected chi connectivity index (χ2v) is 6.49. The third-order valence-corrected chi connectivity index (χ3v) is 4.88. The topological polar surface area (TPSA) is 59.0 Å². The molecule has 1 aromatic heterocycles. The van der Waals surface area contributed by atoms with Gasteiger partial charge in [-0.2, -0.15) is 5.10 Å². The first-order chi connectivity index (χ1) is 11.2. The summed E-state index contributed by atoms with van der Waals surface area (Å²) in [6.07, 6.45) is 4.04. The van der Waals surface area contributed by atoms with Crippen LogP contribution in [0.15, 0.2) is 24.3 Å². The van der Waals surface area contributed by atoms with E-state index in [4.69, 9.17) is 0 Å². The zero-order chi connectivity index (χ0) is 15.8.